The number of rotatable bonds is 4. The third kappa shape index (κ3) is 3.53. The molecule has 1 N–H and O–H groups in total. The molecule has 0 aromatic heterocycles. The van der Waals surface area contributed by atoms with Gasteiger partial charge >= 0.3 is 0 Å². The number of halogens is 3. The van der Waals surface area contributed by atoms with Crippen molar-refractivity contribution in [1.29, 1.82) is 0 Å². The molecule has 0 bridgehead atoms. The van der Waals surface area contributed by atoms with Gasteiger partial charge in [-0.15, -0.1) is 12.4 Å². The monoisotopic (exact) mass is 340 g/mol. The number of benzene rings is 1. The fourth-order valence-electron chi connectivity index (χ4n) is 2.52. The molecular weight excluding hydrogens is 322 g/mol. The van der Waals surface area contributed by atoms with Crippen LogP contribution in [0, 0.1) is 18.6 Å². The van der Waals surface area contributed by atoms with Crippen molar-refractivity contribution >= 4 is 22.4 Å². The molecule has 0 amide bonds. The maximum absolute atomic E-state index is 13.8. The maximum atomic E-state index is 13.8. The number of nitrogens with zero attached hydrogens (tertiary/aromatic N) is 1. The van der Waals surface area contributed by atoms with Crippen LogP contribution in [0.4, 0.5) is 8.78 Å². The summed E-state index contributed by atoms with van der Waals surface area (Å²) in [4.78, 5) is -0.445. The molecule has 1 aromatic carbocycles. The predicted molar refractivity (Wildman–Crippen MR) is 79.2 cm³/mol. The molecule has 0 radical (unpaired) electrons. The minimum absolute atomic E-state index is 0. The molecule has 0 saturated carbocycles. The Morgan fingerprint density at radius 1 is 1.33 bits per heavy atom. The molecule has 0 spiro atoms. The van der Waals surface area contributed by atoms with Gasteiger partial charge in [0, 0.05) is 25.2 Å². The van der Waals surface area contributed by atoms with E-state index in [0.717, 1.165) is 18.9 Å². The van der Waals surface area contributed by atoms with Gasteiger partial charge in [0.05, 0.1) is 0 Å². The summed E-state index contributed by atoms with van der Waals surface area (Å²) >= 11 is 0. The molecule has 1 heterocycles. The lowest BCUT2D eigenvalue weighted by molar-refractivity contribution is 0.376. The zero-order valence-electron chi connectivity index (χ0n) is 11.9. The Bertz CT molecular complexity index is 610. The molecule has 8 heteroatoms. The summed E-state index contributed by atoms with van der Waals surface area (Å²) < 4.78 is 53.5. The fraction of sp³-hybridized carbons (Fsp3) is 0.538. The van der Waals surface area contributed by atoms with Gasteiger partial charge in [0.1, 0.15) is 16.5 Å². The second-order valence-electron chi connectivity index (χ2n) is 5.00. The minimum Gasteiger partial charge on any atom is -0.318 e. The predicted octanol–water partition coefficient (Wildman–Crippen LogP) is 2.07. The second-order valence-corrected chi connectivity index (χ2v) is 6.86. The van der Waals surface area contributed by atoms with E-state index in [1.807, 2.05) is 0 Å². The summed E-state index contributed by atoms with van der Waals surface area (Å²) in [6.07, 6.45) is 1.48. The average Bonchev–Trinajstić information content (AvgIpc) is 2.83. The molecule has 21 heavy (non-hydrogen) atoms. The Kier molecular flexibility index (Phi) is 6.10. The third-order valence-electron chi connectivity index (χ3n) is 3.56. The number of aryl methyl sites for hydroxylation is 1. The van der Waals surface area contributed by atoms with Crippen LogP contribution in [0.3, 0.4) is 0 Å². The van der Waals surface area contributed by atoms with Crippen molar-refractivity contribution in [3.8, 4) is 0 Å². The van der Waals surface area contributed by atoms with Crippen LogP contribution in [0.25, 0.3) is 0 Å². The van der Waals surface area contributed by atoms with Gasteiger partial charge in [0.25, 0.3) is 0 Å². The largest absolute Gasteiger partial charge is 0.318 e. The average molecular weight is 341 g/mol. The normalized spacial score (nSPS) is 19.5. The van der Waals surface area contributed by atoms with Crippen LogP contribution in [-0.4, -0.2) is 38.9 Å². The van der Waals surface area contributed by atoms with E-state index in [1.54, 1.807) is 7.05 Å². The number of nitrogens with one attached hydrogen (secondary N) is 1. The molecule has 1 fully saturated rings. The van der Waals surface area contributed by atoms with Crippen molar-refractivity contribution in [3.05, 3.63) is 29.3 Å². The van der Waals surface area contributed by atoms with E-state index < -0.39 is 26.6 Å². The first-order valence-corrected chi connectivity index (χ1v) is 7.94. The summed E-state index contributed by atoms with van der Waals surface area (Å²) in [7, 11) is -2.19. The molecule has 0 aliphatic carbocycles. The van der Waals surface area contributed by atoms with Gasteiger partial charge in [-0.1, -0.05) is 0 Å². The Morgan fingerprint density at radius 2 is 2.00 bits per heavy atom. The number of hydrogen-bond donors (Lipinski definition) is 1. The Balaban J connectivity index is 0.00000220. The Morgan fingerprint density at radius 3 is 2.62 bits per heavy atom. The highest BCUT2D eigenvalue weighted by Crippen LogP contribution is 2.28. The molecule has 1 saturated heterocycles. The quantitative estimate of drug-likeness (QED) is 0.913. The van der Waals surface area contributed by atoms with Gasteiger partial charge in [-0.25, -0.2) is 17.2 Å². The van der Waals surface area contributed by atoms with Gasteiger partial charge in [-0.05, 0) is 38.4 Å². The SMILES string of the molecule is CNCC1CCCN1S(=O)(=O)c1cc(C)c(F)cc1F.Cl. The molecule has 120 valence electrons. The molecular formula is C13H19ClF2N2O2S. The van der Waals surface area contributed by atoms with Gasteiger partial charge < -0.3 is 5.32 Å². The number of likely N-dealkylation sites (N-methyl/N-ethyl adjacent to an activating group) is 1. The molecule has 2 rings (SSSR count). The fourth-order valence-corrected chi connectivity index (χ4v) is 4.35. The first kappa shape index (κ1) is 18.3. The molecule has 1 aliphatic heterocycles. The van der Waals surface area contributed by atoms with Gasteiger partial charge in [-0.3, -0.25) is 0 Å². The molecule has 1 atom stereocenters. The summed E-state index contributed by atoms with van der Waals surface area (Å²) in [5.41, 5.74) is 0.120. The van der Waals surface area contributed by atoms with Crippen LogP contribution in [0.5, 0.6) is 0 Å². The van der Waals surface area contributed by atoms with Crippen molar-refractivity contribution < 1.29 is 17.2 Å². The molecule has 4 nitrogen and oxygen atoms in total. The van der Waals surface area contributed by atoms with Gasteiger partial charge in [-0.2, -0.15) is 4.31 Å². The van der Waals surface area contributed by atoms with E-state index in [9.17, 15) is 17.2 Å². The Hall–Kier alpha value is -0.760. The van der Waals surface area contributed by atoms with Crippen molar-refractivity contribution in [2.75, 3.05) is 20.1 Å². The zero-order chi connectivity index (χ0) is 14.9. The maximum Gasteiger partial charge on any atom is 0.246 e. The molecule has 1 aliphatic rings. The van der Waals surface area contributed by atoms with Crippen LogP contribution < -0.4 is 5.32 Å². The van der Waals surface area contributed by atoms with Crippen LogP contribution in [0.15, 0.2) is 17.0 Å². The highest BCUT2D eigenvalue weighted by molar-refractivity contribution is 7.89. The first-order chi connectivity index (χ1) is 9.37. The topological polar surface area (TPSA) is 49.4 Å². The van der Waals surface area contributed by atoms with Gasteiger partial charge in [0.15, 0.2) is 0 Å². The van der Waals surface area contributed by atoms with Crippen LogP contribution in [0.2, 0.25) is 0 Å². The lowest BCUT2D eigenvalue weighted by atomic mass is 10.2. The van der Waals surface area contributed by atoms with Crippen molar-refractivity contribution in [2.24, 2.45) is 0 Å². The van der Waals surface area contributed by atoms with Crippen molar-refractivity contribution in [2.45, 2.75) is 30.7 Å². The standard InChI is InChI=1S/C13H18F2N2O2S.ClH/c1-9-6-13(12(15)7-11(9)14)20(18,19)17-5-3-4-10(17)8-16-2;/h6-7,10,16H,3-5,8H2,1-2H3;1H. The van der Waals surface area contributed by atoms with Crippen LogP contribution in [0.1, 0.15) is 18.4 Å². The lowest BCUT2D eigenvalue weighted by Crippen LogP contribution is -2.41. The second kappa shape index (κ2) is 7.00. The summed E-state index contributed by atoms with van der Waals surface area (Å²) in [5.74, 6) is -1.78. The van der Waals surface area contributed by atoms with Crippen LogP contribution in [-0.2, 0) is 10.0 Å². The summed E-state index contributed by atoms with van der Waals surface area (Å²) in [5, 5.41) is 2.94. The highest BCUT2D eigenvalue weighted by atomic mass is 35.5. The number of hydrogen-bond acceptors (Lipinski definition) is 3. The van der Waals surface area contributed by atoms with E-state index >= 15 is 0 Å². The third-order valence-corrected chi connectivity index (χ3v) is 5.53. The molecule has 1 aromatic rings. The van der Waals surface area contributed by atoms with Crippen molar-refractivity contribution in [3.63, 3.8) is 0 Å². The van der Waals surface area contributed by atoms with E-state index in [1.165, 1.54) is 11.2 Å². The summed E-state index contributed by atoms with van der Waals surface area (Å²) in [6, 6.07) is 1.51. The minimum atomic E-state index is -3.93. The van der Waals surface area contributed by atoms with Crippen molar-refractivity contribution in [1.82, 2.24) is 9.62 Å². The zero-order valence-corrected chi connectivity index (χ0v) is 13.5. The van der Waals surface area contributed by atoms with E-state index in [-0.39, 0.29) is 24.0 Å². The summed E-state index contributed by atoms with van der Waals surface area (Å²) in [6.45, 7) is 2.30. The van der Waals surface area contributed by atoms with E-state index in [2.05, 4.69) is 5.32 Å². The number of sulfonamides is 1. The van der Waals surface area contributed by atoms with E-state index in [4.69, 9.17) is 0 Å². The van der Waals surface area contributed by atoms with Crippen LogP contribution >= 0.6 is 12.4 Å². The highest BCUT2D eigenvalue weighted by Gasteiger charge is 2.36. The first-order valence-electron chi connectivity index (χ1n) is 6.50. The van der Waals surface area contributed by atoms with Gasteiger partial charge in [0.2, 0.25) is 10.0 Å². The molecule has 1 unspecified atom stereocenters. The Labute approximate surface area is 130 Å². The van der Waals surface area contributed by atoms with E-state index in [0.29, 0.717) is 19.2 Å². The smallest absolute Gasteiger partial charge is 0.246 e. The lowest BCUT2D eigenvalue weighted by Gasteiger charge is -2.24.